The minimum Gasteiger partial charge on any atom is -0.308 e. The zero-order chi connectivity index (χ0) is 10.7. The van der Waals surface area contributed by atoms with Gasteiger partial charge >= 0.3 is 0 Å². The summed E-state index contributed by atoms with van der Waals surface area (Å²) >= 11 is 0. The Kier molecular flexibility index (Phi) is 2.65. The van der Waals surface area contributed by atoms with E-state index in [9.17, 15) is 4.79 Å². The van der Waals surface area contributed by atoms with Crippen molar-refractivity contribution < 1.29 is 4.79 Å². The van der Waals surface area contributed by atoms with E-state index < -0.39 is 0 Å². The molecule has 0 saturated carbocycles. The molecule has 1 aliphatic rings. The predicted molar refractivity (Wildman–Crippen MR) is 58.9 cm³/mol. The Morgan fingerprint density at radius 3 is 2.60 bits per heavy atom. The van der Waals surface area contributed by atoms with Gasteiger partial charge in [0, 0.05) is 11.8 Å². The fourth-order valence-corrected chi connectivity index (χ4v) is 1.45. The Balaban J connectivity index is 2.22. The molecule has 1 aromatic carbocycles. The molecular weight excluding hydrogens is 188 g/mol. The van der Waals surface area contributed by atoms with Crippen molar-refractivity contribution in [1.29, 1.82) is 0 Å². The van der Waals surface area contributed by atoms with Gasteiger partial charge in [-0.1, -0.05) is 24.3 Å². The van der Waals surface area contributed by atoms with Crippen LogP contribution in [0.2, 0.25) is 0 Å². The minimum atomic E-state index is -0.372. The van der Waals surface area contributed by atoms with Crippen molar-refractivity contribution >= 4 is 5.91 Å². The molecule has 2 rings (SSSR count). The summed E-state index contributed by atoms with van der Waals surface area (Å²) in [5.41, 5.74) is 6.43. The second-order valence-corrected chi connectivity index (χ2v) is 3.30. The average molecular weight is 200 g/mol. The molecule has 1 atom stereocenters. The molecule has 0 bridgehead atoms. The lowest BCUT2D eigenvalue weighted by molar-refractivity contribution is 0.0793. The molecule has 0 fully saturated rings. The zero-order valence-corrected chi connectivity index (χ0v) is 8.21. The molecule has 1 aliphatic heterocycles. The summed E-state index contributed by atoms with van der Waals surface area (Å²) < 4.78 is 0. The first-order valence-corrected chi connectivity index (χ1v) is 4.77. The Bertz CT molecular complexity index is 409. The van der Waals surface area contributed by atoms with Gasteiger partial charge in [-0.25, -0.2) is 0 Å². The number of rotatable bonds is 1. The van der Waals surface area contributed by atoms with Crippen LogP contribution >= 0.6 is 0 Å². The minimum absolute atomic E-state index is 0.0799. The molecular formula is C12H12N2O. The van der Waals surface area contributed by atoms with Crippen LogP contribution in [0.5, 0.6) is 0 Å². The van der Waals surface area contributed by atoms with Gasteiger partial charge in [-0.05, 0) is 24.3 Å². The lowest BCUT2D eigenvalue weighted by Crippen LogP contribution is -2.41. The van der Waals surface area contributed by atoms with Crippen LogP contribution in [0.1, 0.15) is 10.4 Å². The molecule has 15 heavy (non-hydrogen) atoms. The predicted octanol–water partition coefficient (Wildman–Crippen LogP) is 1.50. The number of amides is 1. The fraction of sp³-hybridized carbons (Fsp3) is 0.0833. The molecule has 0 saturated heterocycles. The van der Waals surface area contributed by atoms with Crippen molar-refractivity contribution in [2.45, 2.75) is 6.17 Å². The second-order valence-electron chi connectivity index (χ2n) is 3.30. The van der Waals surface area contributed by atoms with E-state index in [1.54, 1.807) is 30.5 Å². The highest BCUT2D eigenvalue weighted by Gasteiger charge is 2.18. The molecule has 0 aliphatic carbocycles. The molecule has 1 amide bonds. The maximum atomic E-state index is 12.0. The average Bonchev–Trinajstić information content (AvgIpc) is 2.30. The highest BCUT2D eigenvalue weighted by Crippen LogP contribution is 2.10. The number of hydrogen-bond acceptors (Lipinski definition) is 2. The number of allylic oxidation sites excluding steroid dienone is 2. The molecule has 1 aromatic rings. The van der Waals surface area contributed by atoms with Crippen molar-refractivity contribution in [1.82, 2.24) is 4.90 Å². The van der Waals surface area contributed by atoms with Crippen molar-refractivity contribution in [3.8, 4) is 0 Å². The molecule has 0 aromatic heterocycles. The number of benzene rings is 1. The van der Waals surface area contributed by atoms with Gasteiger partial charge < -0.3 is 5.73 Å². The third-order valence-corrected chi connectivity index (χ3v) is 2.24. The maximum absolute atomic E-state index is 12.0. The molecule has 2 N–H and O–H groups in total. The standard InChI is InChI=1S/C12H12N2O/c13-11-8-4-5-9-14(11)12(15)10-6-2-1-3-7-10/h1-9,11H,13H2. The van der Waals surface area contributed by atoms with E-state index >= 15 is 0 Å². The number of hydrogen-bond donors (Lipinski definition) is 1. The SMILES string of the molecule is NC1C=CC=CN1C(=O)c1ccccc1. The van der Waals surface area contributed by atoms with Gasteiger partial charge in [0.2, 0.25) is 0 Å². The van der Waals surface area contributed by atoms with E-state index in [4.69, 9.17) is 5.73 Å². The van der Waals surface area contributed by atoms with Gasteiger partial charge in [-0.15, -0.1) is 0 Å². The number of carbonyl (C=O) groups excluding carboxylic acids is 1. The van der Waals surface area contributed by atoms with E-state index in [1.807, 2.05) is 24.3 Å². The van der Waals surface area contributed by atoms with Crippen molar-refractivity contribution in [2.24, 2.45) is 5.73 Å². The normalized spacial score (nSPS) is 19.3. The Morgan fingerprint density at radius 2 is 1.93 bits per heavy atom. The quantitative estimate of drug-likeness (QED) is 0.746. The smallest absolute Gasteiger partial charge is 0.259 e. The molecule has 76 valence electrons. The number of carbonyl (C=O) groups is 1. The highest BCUT2D eigenvalue weighted by molar-refractivity contribution is 5.95. The van der Waals surface area contributed by atoms with Gasteiger partial charge in [0.05, 0.1) is 0 Å². The largest absolute Gasteiger partial charge is 0.308 e. The van der Waals surface area contributed by atoms with Crippen molar-refractivity contribution in [3.63, 3.8) is 0 Å². The Hall–Kier alpha value is -1.87. The third kappa shape index (κ3) is 1.97. The van der Waals surface area contributed by atoms with E-state index in [2.05, 4.69) is 0 Å². The van der Waals surface area contributed by atoms with Crippen LogP contribution in [0.3, 0.4) is 0 Å². The molecule has 1 heterocycles. The summed E-state index contributed by atoms with van der Waals surface area (Å²) in [6.07, 6.45) is 6.73. The summed E-state index contributed by atoms with van der Waals surface area (Å²) in [7, 11) is 0. The summed E-state index contributed by atoms with van der Waals surface area (Å²) in [5, 5.41) is 0. The molecule has 1 unspecified atom stereocenters. The van der Waals surface area contributed by atoms with E-state index in [0.29, 0.717) is 5.56 Å². The summed E-state index contributed by atoms with van der Waals surface area (Å²) in [6, 6.07) is 9.11. The maximum Gasteiger partial charge on any atom is 0.259 e. The van der Waals surface area contributed by atoms with Crippen LogP contribution in [0.25, 0.3) is 0 Å². The van der Waals surface area contributed by atoms with Gasteiger partial charge in [-0.2, -0.15) is 0 Å². The second kappa shape index (κ2) is 4.11. The molecule has 3 nitrogen and oxygen atoms in total. The van der Waals surface area contributed by atoms with Crippen LogP contribution in [-0.2, 0) is 0 Å². The van der Waals surface area contributed by atoms with E-state index in [-0.39, 0.29) is 12.1 Å². The molecule has 3 heteroatoms. The Labute approximate surface area is 88.5 Å². The molecule has 0 spiro atoms. The van der Waals surface area contributed by atoms with Gasteiger partial charge in [0.15, 0.2) is 0 Å². The van der Waals surface area contributed by atoms with Crippen molar-refractivity contribution in [2.75, 3.05) is 0 Å². The van der Waals surface area contributed by atoms with Crippen LogP contribution in [0.4, 0.5) is 0 Å². The van der Waals surface area contributed by atoms with Crippen LogP contribution in [-0.4, -0.2) is 17.0 Å². The highest BCUT2D eigenvalue weighted by atomic mass is 16.2. The number of nitrogens with zero attached hydrogens (tertiary/aromatic N) is 1. The van der Waals surface area contributed by atoms with Crippen LogP contribution in [0.15, 0.2) is 54.8 Å². The van der Waals surface area contributed by atoms with Crippen molar-refractivity contribution in [3.05, 3.63) is 60.3 Å². The zero-order valence-electron chi connectivity index (χ0n) is 8.21. The lowest BCUT2D eigenvalue weighted by Gasteiger charge is -2.25. The first-order valence-electron chi connectivity index (χ1n) is 4.77. The summed E-state index contributed by atoms with van der Waals surface area (Å²) in [6.45, 7) is 0. The van der Waals surface area contributed by atoms with Gasteiger partial charge in [0.25, 0.3) is 5.91 Å². The Morgan fingerprint density at radius 1 is 1.20 bits per heavy atom. The van der Waals surface area contributed by atoms with Gasteiger partial charge in [0.1, 0.15) is 6.17 Å². The fourth-order valence-electron chi connectivity index (χ4n) is 1.45. The molecule has 0 radical (unpaired) electrons. The third-order valence-electron chi connectivity index (χ3n) is 2.24. The van der Waals surface area contributed by atoms with Crippen LogP contribution < -0.4 is 5.73 Å². The van der Waals surface area contributed by atoms with Gasteiger partial charge in [-0.3, -0.25) is 9.69 Å². The van der Waals surface area contributed by atoms with E-state index in [0.717, 1.165) is 0 Å². The first kappa shape index (κ1) is 9.68. The monoisotopic (exact) mass is 200 g/mol. The topological polar surface area (TPSA) is 46.3 Å². The van der Waals surface area contributed by atoms with E-state index in [1.165, 1.54) is 4.90 Å². The lowest BCUT2D eigenvalue weighted by atomic mass is 10.2. The summed E-state index contributed by atoms with van der Waals surface area (Å²) in [5.74, 6) is -0.0799. The number of nitrogens with two attached hydrogens (primary N) is 1. The summed E-state index contributed by atoms with van der Waals surface area (Å²) in [4.78, 5) is 13.5. The first-order chi connectivity index (χ1) is 7.29. The van der Waals surface area contributed by atoms with Crippen LogP contribution in [0, 0.1) is 0 Å².